The van der Waals surface area contributed by atoms with Gasteiger partial charge in [0.05, 0.1) is 15.7 Å². The van der Waals surface area contributed by atoms with Crippen molar-refractivity contribution in [1.82, 2.24) is 10.3 Å². The Hall–Kier alpha value is -0.930. The largest absolute Gasteiger partial charge is 0.317 e. The van der Waals surface area contributed by atoms with E-state index in [-0.39, 0.29) is 5.41 Å². The number of piperidine rings is 1. The van der Waals surface area contributed by atoms with Crippen molar-refractivity contribution in [1.29, 1.82) is 0 Å². The molecule has 1 aliphatic rings. The highest BCUT2D eigenvalue weighted by atomic mass is 32.1. The number of fused-ring (bicyclic) bond motifs is 1. The molecule has 0 radical (unpaired) electrons. The summed E-state index contributed by atoms with van der Waals surface area (Å²) < 4.78 is 1.29. The molecule has 0 aliphatic carbocycles. The van der Waals surface area contributed by atoms with Gasteiger partial charge in [-0.1, -0.05) is 33.8 Å². The third-order valence-electron chi connectivity index (χ3n) is 5.95. The lowest BCUT2D eigenvalue weighted by Gasteiger charge is -2.39. The molecule has 0 spiro atoms. The van der Waals surface area contributed by atoms with Gasteiger partial charge in [0.2, 0.25) is 0 Å². The Morgan fingerprint density at radius 1 is 1.13 bits per heavy atom. The van der Waals surface area contributed by atoms with Crippen molar-refractivity contribution in [2.75, 3.05) is 13.1 Å². The number of nitrogens with one attached hydrogen (secondary N) is 1. The SMILES string of the molecule is CC(C)(CCC(C)(C)C1CCNCC1)c1ccc2scnc2c1. The van der Waals surface area contributed by atoms with Crippen molar-refractivity contribution >= 4 is 21.6 Å². The number of nitrogens with zero attached hydrogens (tertiary/aromatic N) is 1. The van der Waals surface area contributed by atoms with E-state index in [1.807, 2.05) is 5.51 Å². The Balaban J connectivity index is 1.69. The molecule has 1 N–H and O–H groups in total. The van der Waals surface area contributed by atoms with Gasteiger partial charge in [-0.15, -0.1) is 11.3 Å². The van der Waals surface area contributed by atoms with Crippen molar-refractivity contribution in [2.24, 2.45) is 11.3 Å². The first-order valence-electron chi connectivity index (χ1n) is 8.93. The number of rotatable bonds is 5. The number of benzene rings is 1. The quantitative estimate of drug-likeness (QED) is 0.796. The molecule has 0 unspecified atom stereocenters. The molecule has 3 rings (SSSR count). The molecule has 0 atom stereocenters. The lowest BCUT2D eigenvalue weighted by Crippen LogP contribution is -2.36. The van der Waals surface area contributed by atoms with E-state index in [0.717, 1.165) is 11.4 Å². The van der Waals surface area contributed by atoms with Gasteiger partial charge in [0.1, 0.15) is 0 Å². The summed E-state index contributed by atoms with van der Waals surface area (Å²) >= 11 is 1.73. The fourth-order valence-corrected chi connectivity index (χ4v) is 4.52. The number of thiazole rings is 1. The first kappa shape index (κ1) is 16.9. The molecule has 23 heavy (non-hydrogen) atoms. The summed E-state index contributed by atoms with van der Waals surface area (Å²) in [5.41, 5.74) is 5.17. The highest BCUT2D eigenvalue weighted by Crippen LogP contribution is 2.41. The summed E-state index contributed by atoms with van der Waals surface area (Å²) in [6.07, 6.45) is 5.19. The molecule has 0 saturated carbocycles. The maximum atomic E-state index is 4.49. The molecule has 2 nitrogen and oxygen atoms in total. The predicted octanol–water partition coefficient (Wildman–Crippen LogP) is 5.38. The van der Waals surface area contributed by atoms with Crippen LogP contribution in [-0.2, 0) is 5.41 Å². The third-order valence-corrected chi connectivity index (χ3v) is 6.76. The summed E-state index contributed by atoms with van der Waals surface area (Å²) in [5.74, 6) is 0.862. The molecule has 2 aromatic rings. The van der Waals surface area contributed by atoms with Crippen LogP contribution in [0.3, 0.4) is 0 Å². The van der Waals surface area contributed by atoms with Gasteiger partial charge in [0, 0.05) is 0 Å². The highest BCUT2D eigenvalue weighted by Gasteiger charge is 2.32. The average molecular weight is 331 g/mol. The zero-order chi connectivity index (χ0) is 16.5. The summed E-state index contributed by atoms with van der Waals surface area (Å²) in [6.45, 7) is 12.1. The van der Waals surface area contributed by atoms with Crippen molar-refractivity contribution in [3.05, 3.63) is 29.3 Å². The van der Waals surface area contributed by atoms with E-state index in [9.17, 15) is 0 Å². The average Bonchev–Trinajstić information content (AvgIpc) is 3.02. The minimum atomic E-state index is 0.210. The topological polar surface area (TPSA) is 24.9 Å². The third kappa shape index (κ3) is 3.77. The van der Waals surface area contributed by atoms with Crippen LogP contribution in [-0.4, -0.2) is 18.1 Å². The van der Waals surface area contributed by atoms with E-state index in [1.54, 1.807) is 11.3 Å². The fourth-order valence-electron chi connectivity index (χ4n) is 3.87. The number of hydrogen-bond acceptors (Lipinski definition) is 3. The molecule has 3 heteroatoms. The van der Waals surface area contributed by atoms with Crippen LogP contribution in [0, 0.1) is 11.3 Å². The monoisotopic (exact) mass is 330 g/mol. The maximum absolute atomic E-state index is 4.49. The van der Waals surface area contributed by atoms with Crippen molar-refractivity contribution in [3.63, 3.8) is 0 Å². The maximum Gasteiger partial charge on any atom is 0.0814 e. The first-order chi connectivity index (χ1) is 10.9. The molecule has 2 heterocycles. The normalized spacial score (nSPS) is 17.7. The zero-order valence-corrected chi connectivity index (χ0v) is 15.8. The first-order valence-corrected chi connectivity index (χ1v) is 9.81. The molecular weight excluding hydrogens is 300 g/mol. The molecular formula is C20H30N2S. The number of aromatic nitrogens is 1. The minimum Gasteiger partial charge on any atom is -0.317 e. The van der Waals surface area contributed by atoms with Gasteiger partial charge in [0.25, 0.3) is 0 Å². The van der Waals surface area contributed by atoms with Crippen LogP contribution in [0.15, 0.2) is 23.7 Å². The van der Waals surface area contributed by atoms with Crippen LogP contribution in [0.2, 0.25) is 0 Å². The predicted molar refractivity (Wildman–Crippen MR) is 101 cm³/mol. The molecule has 1 fully saturated rings. The van der Waals surface area contributed by atoms with Gasteiger partial charge >= 0.3 is 0 Å². The van der Waals surface area contributed by atoms with Crippen LogP contribution < -0.4 is 5.32 Å². The molecule has 1 aliphatic heterocycles. The lowest BCUT2D eigenvalue weighted by molar-refractivity contribution is 0.140. The van der Waals surface area contributed by atoms with Gasteiger partial charge in [-0.25, -0.2) is 4.98 Å². The van der Waals surface area contributed by atoms with Crippen LogP contribution in [0.5, 0.6) is 0 Å². The Morgan fingerprint density at radius 2 is 1.87 bits per heavy atom. The van der Waals surface area contributed by atoms with Crippen LogP contribution in [0.4, 0.5) is 0 Å². The van der Waals surface area contributed by atoms with E-state index in [0.29, 0.717) is 5.41 Å². The molecule has 0 amide bonds. The van der Waals surface area contributed by atoms with Crippen molar-refractivity contribution in [3.8, 4) is 0 Å². The molecule has 1 aromatic carbocycles. The minimum absolute atomic E-state index is 0.210. The Bertz CT molecular complexity index is 650. The Labute approximate surface area is 144 Å². The summed E-state index contributed by atoms with van der Waals surface area (Å²) in [4.78, 5) is 4.49. The molecule has 0 bridgehead atoms. The molecule has 1 saturated heterocycles. The lowest BCUT2D eigenvalue weighted by atomic mass is 9.68. The fraction of sp³-hybridized carbons (Fsp3) is 0.650. The second-order valence-corrected chi connectivity index (χ2v) is 9.32. The van der Waals surface area contributed by atoms with Crippen molar-refractivity contribution < 1.29 is 0 Å². The standard InChI is InChI=1S/C20H30N2S/c1-19(2,15-7-11-21-12-8-15)9-10-20(3,4)16-5-6-18-17(13-16)22-14-23-18/h5-6,13-15,21H,7-12H2,1-4H3. The van der Waals surface area contributed by atoms with E-state index in [2.05, 4.69) is 56.2 Å². The summed E-state index contributed by atoms with van der Waals surface area (Å²) in [7, 11) is 0. The van der Waals surface area contributed by atoms with Crippen LogP contribution in [0.1, 0.15) is 58.9 Å². The van der Waals surface area contributed by atoms with Gasteiger partial charge in [-0.2, -0.15) is 0 Å². The second-order valence-electron chi connectivity index (χ2n) is 8.43. The summed E-state index contributed by atoms with van der Waals surface area (Å²) in [6, 6.07) is 6.84. The van der Waals surface area contributed by atoms with Gasteiger partial charge in [-0.05, 0) is 73.2 Å². The van der Waals surface area contributed by atoms with E-state index >= 15 is 0 Å². The summed E-state index contributed by atoms with van der Waals surface area (Å²) in [5, 5.41) is 3.49. The smallest absolute Gasteiger partial charge is 0.0814 e. The van der Waals surface area contributed by atoms with Crippen molar-refractivity contribution in [2.45, 2.75) is 58.8 Å². The zero-order valence-electron chi connectivity index (χ0n) is 15.0. The second kappa shape index (κ2) is 6.52. The van der Waals surface area contributed by atoms with E-state index in [1.165, 1.54) is 49.0 Å². The van der Waals surface area contributed by atoms with Crippen LogP contribution in [0.25, 0.3) is 10.2 Å². The van der Waals surface area contributed by atoms with Crippen LogP contribution >= 0.6 is 11.3 Å². The molecule has 1 aromatic heterocycles. The highest BCUT2D eigenvalue weighted by molar-refractivity contribution is 7.16. The van der Waals surface area contributed by atoms with E-state index in [4.69, 9.17) is 0 Å². The van der Waals surface area contributed by atoms with Gasteiger partial charge in [0.15, 0.2) is 0 Å². The van der Waals surface area contributed by atoms with Gasteiger partial charge < -0.3 is 5.32 Å². The van der Waals surface area contributed by atoms with Gasteiger partial charge in [-0.3, -0.25) is 0 Å². The van der Waals surface area contributed by atoms with E-state index < -0.39 is 0 Å². The number of hydrogen-bond donors (Lipinski definition) is 1. The Morgan fingerprint density at radius 3 is 2.61 bits per heavy atom. The Kier molecular flexibility index (Phi) is 4.80. The molecule has 126 valence electrons.